The molecule has 1 N–H and O–H groups in total. The largest absolute Gasteiger partial charge is 0.388 e. The van der Waals surface area contributed by atoms with Gasteiger partial charge in [0, 0.05) is 28.7 Å². The van der Waals surface area contributed by atoms with Crippen molar-refractivity contribution in [2.75, 3.05) is 11.4 Å². The Morgan fingerprint density at radius 1 is 1.35 bits per heavy atom. The molecule has 0 aromatic heterocycles. The van der Waals surface area contributed by atoms with Gasteiger partial charge in [-0.25, -0.2) is 0 Å². The van der Waals surface area contributed by atoms with E-state index in [9.17, 15) is 9.90 Å². The summed E-state index contributed by atoms with van der Waals surface area (Å²) in [5, 5.41) is 10.5. The van der Waals surface area contributed by atoms with Crippen molar-refractivity contribution in [2.45, 2.75) is 25.4 Å². The first-order valence-corrected chi connectivity index (χ1v) is 6.33. The SMILES string of the molecule is O=C(C1CC1)N1CCC(O)c2cc(Cl)ccc21. The van der Waals surface area contributed by atoms with E-state index in [0.717, 1.165) is 24.1 Å². The number of aliphatic hydroxyl groups excluding tert-OH is 1. The predicted molar refractivity (Wildman–Crippen MR) is 66.1 cm³/mol. The standard InChI is InChI=1S/C13H14ClNO2/c14-9-3-4-11-10(7-9)12(16)5-6-15(11)13(17)8-1-2-8/h3-4,7-8,12,16H,1-2,5-6H2. The molecular weight excluding hydrogens is 238 g/mol. The number of fused-ring (bicyclic) bond motifs is 1. The third-order valence-electron chi connectivity index (χ3n) is 3.46. The molecular formula is C13H14ClNO2. The van der Waals surface area contributed by atoms with E-state index in [0.29, 0.717) is 18.0 Å². The lowest BCUT2D eigenvalue weighted by atomic mass is 9.98. The first-order chi connectivity index (χ1) is 8.16. The van der Waals surface area contributed by atoms with Crippen LogP contribution in [0.5, 0.6) is 0 Å². The van der Waals surface area contributed by atoms with Gasteiger partial charge < -0.3 is 10.0 Å². The van der Waals surface area contributed by atoms with Gasteiger partial charge in [-0.05, 0) is 37.5 Å². The molecule has 2 aliphatic rings. The van der Waals surface area contributed by atoms with E-state index in [1.54, 1.807) is 17.0 Å². The van der Waals surface area contributed by atoms with Crippen molar-refractivity contribution >= 4 is 23.2 Å². The minimum Gasteiger partial charge on any atom is -0.388 e. The fourth-order valence-electron chi connectivity index (χ4n) is 2.35. The molecule has 1 fully saturated rings. The van der Waals surface area contributed by atoms with Crippen LogP contribution >= 0.6 is 11.6 Å². The van der Waals surface area contributed by atoms with Crippen LogP contribution in [0.3, 0.4) is 0 Å². The zero-order valence-electron chi connectivity index (χ0n) is 9.40. The highest BCUT2D eigenvalue weighted by Gasteiger charge is 2.36. The fraction of sp³-hybridized carbons (Fsp3) is 0.462. The Hall–Kier alpha value is -1.06. The molecule has 3 rings (SSSR count). The number of rotatable bonds is 1. The van der Waals surface area contributed by atoms with Gasteiger partial charge >= 0.3 is 0 Å². The van der Waals surface area contributed by atoms with Crippen LogP contribution < -0.4 is 4.90 Å². The summed E-state index contributed by atoms with van der Waals surface area (Å²) in [4.78, 5) is 13.9. The highest BCUT2D eigenvalue weighted by Crippen LogP contribution is 2.39. The third kappa shape index (κ3) is 1.94. The van der Waals surface area contributed by atoms with Gasteiger partial charge in [0.15, 0.2) is 0 Å². The molecule has 90 valence electrons. The monoisotopic (exact) mass is 251 g/mol. The van der Waals surface area contributed by atoms with E-state index < -0.39 is 6.10 Å². The van der Waals surface area contributed by atoms with E-state index in [2.05, 4.69) is 0 Å². The minimum absolute atomic E-state index is 0.195. The van der Waals surface area contributed by atoms with Crippen molar-refractivity contribution in [3.63, 3.8) is 0 Å². The normalized spacial score (nSPS) is 23.4. The van der Waals surface area contributed by atoms with Crippen LogP contribution in [-0.4, -0.2) is 17.6 Å². The molecule has 1 aliphatic heterocycles. The van der Waals surface area contributed by atoms with Crippen LogP contribution in [0, 0.1) is 5.92 Å². The molecule has 1 aromatic carbocycles. The summed E-state index contributed by atoms with van der Waals surface area (Å²) in [7, 11) is 0. The first kappa shape index (κ1) is 11.1. The van der Waals surface area contributed by atoms with Crippen molar-refractivity contribution in [1.29, 1.82) is 0 Å². The summed E-state index contributed by atoms with van der Waals surface area (Å²) >= 11 is 5.93. The summed E-state index contributed by atoms with van der Waals surface area (Å²) in [6.07, 6.45) is 2.08. The highest BCUT2D eigenvalue weighted by molar-refractivity contribution is 6.30. The van der Waals surface area contributed by atoms with Crippen LogP contribution in [-0.2, 0) is 4.79 Å². The van der Waals surface area contributed by atoms with Crippen LogP contribution in [0.15, 0.2) is 18.2 Å². The molecule has 0 saturated heterocycles. The van der Waals surface area contributed by atoms with Gasteiger partial charge in [0.05, 0.1) is 6.10 Å². The Bertz CT molecular complexity index is 470. The molecule has 1 saturated carbocycles. The van der Waals surface area contributed by atoms with Crippen molar-refractivity contribution in [3.8, 4) is 0 Å². The second-order valence-corrected chi connectivity index (χ2v) is 5.21. The molecule has 1 heterocycles. The summed E-state index contributed by atoms with van der Waals surface area (Å²) in [5.41, 5.74) is 1.60. The lowest BCUT2D eigenvalue weighted by Crippen LogP contribution is -2.37. The molecule has 0 bridgehead atoms. The highest BCUT2D eigenvalue weighted by atomic mass is 35.5. The molecule has 0 spiro atoms. The second-order valence-electron chi connectivity index (χ2n) is 4.77. The minimum atomic E-state index is -0.507. The summed E-state index contributed by atoms with van der Waals surface area (Å²) < 4.78 is 0. The summed E-state index contributed by atoms with van der Waals surface area (Å²) in [6, 6.07) is 5.36. The third-order valence-corrected chi connectivity index (χ3v) is 3.69. The number of hydrogen-bond donors (Lipinski definition) is 1. The lowest BCUT2D eigenvalue weighted by molar-refractivity contribution is -0.120. The lowest BCUT2D eigenvalue weighted by Gasteiger charge is -2.32. The Balaban J connectivity index is 1.99. The van der Waals surface area contributed by atoms with Crippen molar-refractivity contribution in [1.82, 2.24) is 0 Å². The number of aliphatic hydroxyl groups is 1. The second kappa shape index (κ2) is 4.00. The molecule has 1 aliphatic carbocycles. The van der Waals surface area contributed by atoms with E-state index in [1.165, 1.54) is 0 Å². The van der Waals surface area contributed by atoms with Gasteiger partial charge in [-0.3, -0.25) is 4.79 Å². The molecule has 1 amide bonds. The van der Waals surface area contributed by atoms with Gasteiger partial charge in [0.1, 0.15) is 0 Å². The van der Waals surface area contributed by atoms with Crippen molar-refractivity contribution in [2.24, 2.45) is 5.92 Å². The van der Waals surface area contributed by atoms with E-state index in [4.69, 9.17) is 11.6 Å². The zero-order chi connectivity index (χ0) is 12.0. The van der Waals surface area contributed by atoms with Gasteiger partial charge in [-0.1, -0.05) is 11.6 Å². The van der Waals surface area contributed by atoms with Crippen molar-refractivity contribution < 1.29 is 9.90 Å². The maximum Gasteiger partial charge on any atom is 0.230 e. The Morgan fingerprint density at radius 3 is 2.82 bits per heavy atom. The Labute approximate surface area is 105 Å². The van der Waals surface area contributed by atoms with E-state index in [-0.39, 0.29) is 11.8 Å². The first-order valence-electron chi connectivity index (χ1n) is 5.95. The molecule has 17 heavy (non-hydrogen) atoms. The van der Waals surface area contributed by atoms with Crippen molar-refractivity contribution in [3.05, 3.63) is 28.8 Å². The average Bonchev–Trinajstić information content (AvgIpc) is 3.13. The zero-order valence-corrected chi connectivity index (χ0v) is 10.2. The smallest absolute Gasteiger partial charge is 0.230 e. The Morgan fingerprint density at radius 2 is 2.12 bits per heavy atom. The number of amides is 1. The van der Waals surface area contributed by atoms with Crippen LogP contribution in [0.2, 0.25) is 5.02 Å². The topological polar surface area (TPSA) is 40.5 Å². The fourth-order valence-corrected chi connectivity index (χ4v) is 2.53. The number of carbonyl (C=O) groups excluding carboxylic acids is 1. The average molecular weight is 252 g/mol. The van der Waals surface area contributed by atoms with Crippen LogP contribution in [0.25, 0.3) is 0 Å². The Kier molecular flexibility index (Phi) is 2.60. The van der Waals surface area contributed by atoms with E-state index >= 15 is 0 Å². The van der Waals surface area contributed by atoms with Crippen LogP contribution in [0.1, 0.15) is 30.9 Å². The molecule has 3 nitrogen and oxygen atoms in total. The maximum atomic E-state index is 12.1. The van der Waals surface area contributed by atoms with E-state index in [1.807, 2.05) is 6.07 Å². The van der Waals surface area contributed by atoms with Crippen LogP contribution in [0.4, 0.5) is 5.69 Å². The van der Waals surface area contributed by atoms with Gasteiger partial charge in [0.2, 0.25) is 5.91 Å². The number of benzene rings is 1. The maximum absolute atomic E-state index is 12.1. The molecule has 0 radical (unpaired) electrons. The van der Waals surface area contributed by atoms with Gasteiger partial charge in [0.25, 0.3) is 0 Å². The predicted octanol–water partition coefficient (Wildman–Crippen LogP) is 2.52. The molecule has 4 heteroatoms. The molecule has 1 aromatic rings. The quantitative estimate of drug-likeness (QED) is 0.833. The van der Waals surface area contributed by atoms with Gasteiger partial charge in [-0.15, -0.1) is 0 Å². The molecule has 1 atom stereocenters. The number of nitrogens with zero attached hydrogens (tertiary/aromatic N) is 1. The summed E-state index contributed by atoms with van der Waals surface area (Å²) in [5.74, 6) is 0.397. The number of hydrogen-bond acceptors (Lipinski definition) is 2. The van der Waals surface area contributed by atoms with Gasteiger partial charge in [-0.2, -0.15) is 0 Å². The number of halogens is 1. The number of anilines is 1. The summed E-state index contributed by atoms with van der Waals surface area (Å²) in [6.45, 7) is 0.602. The number of carbonyl (C=O) groups is 1. The molecule has 1 unspecified atom stereocenters.